The van der Waals surface area contributed by atoms with Gasteiger partial charge in [-0.2, -0.15) is 4.31 Å². The van der Waals surface area contributed by atoms with Gasteiger partial charge in [-0.1, -0.05) is 20.3 Å². The molecule has 1 aromatic rings. The van der Waals surface area contributed by atoms with Crippen LogP contribution in [0.4, 0.5) is 0 Å². The molecule has 150 valence electrons. The largest absolute Gasteiger partial charge is 0.354 e. The fourth-order valence-electron chi connectivity index (χ4n) is 3.06. The summed E-state index contributed by atoms with van der Waals surface area (Å²) in [5.74, 6) is 0.261. The number of aromatic nitrogens is 2. The van der Waals surface area contributed by atoms with Gasteiger partial charge in [0, 0.05) is 44.8 Å². The molecule has 10 heteroatoms. The van der Waals surface area contributed by atoms with Gasteiger partial charge in [0.1, 0.15) is 0 Å². The molecule has 0 radical (unpaired) electrons. The van der Waals surface area contributed by atoms with E-state index in [-0.39, 0.29) is 42.3 Å². The second-order valence-electron chi connectivity index (χ2n) is 6.91. The molecule has 1 aliphatic rings. The number of carbonyl (C=O) groups is 1. The van der Waals surface area contributed by atoms with Crippen molar-refractivity contribution in [1.82, 2.24) is 19.2 Å². The molecule has 2 rings (SSSR count). The Morgan fingerprint density at radius 1 is 1.42 bits per heavy atom. The molecule has 0 saturated carbocycles. The monoisotopic (exact) mass is 407 g/mol. The lowest BCUT2D eigenvalue weighted by atomic mass is 10.1. The Kier molecular flexibility index (Phi) is 9.02. The maximum atomic E-state index is 13.0. The molecule has 26 heavy (non-hydrogen) atoms. The van der Waals surface area contributed by atoms with Crippen LogP contribution in [0.5, 0.6) is 0 Å². The summed E-state index contributed by atoms with van der Waals surface area (Å²) in [5, 5.41) is 2.86. The predicted octanol–water partition coefficient (Wildman–Crippen LogP) is 0.969. The highest BCUT2D eigenvalue weighted by Crippen LogP contribution is 2.24. The smallest absolute Gasteiger partial charge is 0.262 e. The highest BCUT2D eigenvalue weighted by molar-refractivity contribution is 7.89. The summed E-state index contributed by atoms with van der Waals surface area (Å²) >= 11 is 0. The molecule has 1 atom stereocenters. The van der Waals surface area contributed by atoms with Gasteiger partial charge in [0.05, 0.1) is 6.33 Å². The first-order chi connectivity index (χ1) is 11.8. The van der Waals surface area contributed by atoms with Crippen molar-refractivity contribution in [2.75, 3.05) is 19.6 Å². The van der Waals surface area contributed by atoms with Crippen molar-refractivity contribution in [3.05, 3.63) is 12.5 Å². The van der Waals surface area contributed by atoms with Crippen LogP contribution in [0.3, 0.4) is 0 Å². The second-order valence-corrected chi connectivity index (χ2v) is 8.75. The molecule has 0 spiro atoms. The fourth-order valence-corrected chi connectivity index (χ4v) is 4.69. The van der Waals surface area contributed by atoms with Gasteiger partial charge in [0.2, 0.25) is 5.91 Å². The summed E-state index contributed by atoms with van der Waals surface area (Å²) in [6, 6.07) is -0.240. The number of imidazole rings is 1. The predicted molar refractivity (Wildman–Crippen MR) is 103 cm³/mol. The number of carbonyl (C=O) groups excluding carboxylic acids is 1. The van der Waals surface area contributed by atoms with Crippen molar-refractivity contribution in [2.45, 2.75) is 57.1 Å². The number of halogens is 1. The highest BCUT2D eigenvalue weighted by atomic mass is 35.5. The first kappa shape index (κ1) is 22.9. The molecule has 1 saturated heterocycles. The van der Waals surface area contributed by atoms with Crippen LogP contribution in [0.2, 0.25) is 0 Å². The topological polar surface area (TPSA) is 110 Å². The van der Waals surface area contributed by atoms with Crippen molar-refractivity contribution in [1.29, 1.82) is 0 Å². The van der Waals surface area contributed by atoms with Crippen molar-refractivity contribution in [2.24, 2.45) is 11.7 Å². The van der Waals surface area contributed by atoms with E-state index >= 15 is 0 Å². The first-order valence-corrected chi connectivity index (χ1v) is 10.3. The standard InChI is InChI=1S/C16H29N5O3S.ClH/c1-13(2)10-20-11-16(19-12-20)25(23,24)21-8-4-3-5-14(21)9-18-15(22)6-7-17;/h11-14H,3-10,17H2,1-2H3,(H,18,22);1H. The normalized spacial score (nSPS) is 18.5. The second kappa shape index (κ2) is 10.2. The lowest BCUT2D eigenvalue weighted by Gasteiger charge is -2.34. The van der Waals surface area contributed by atoms with E-state index in [2.05, 4.69) is 24.1 Å². The number of nitrogens with zero attached hydrogens (tertiary/aromatic N) is 3. The zero-order valence-corrected chi connectivity index (χ0v) is 17.1. The van der Waals surface area contributed by atoms with E-state index in [1.54, 1.807) is 17.1 Å². The third-order valence-corrected chi connectivity index (χ3v) is 6.08. The van der Waals surface area contributed by atoms with Crippen LogP contribution in [0.1, 0.15) is 39.5 Å². The molecule has 1 amide bonds. The van der Waals surface area contributed by atoms with E-state index in [0.29, 0.717) is 19.0 Å². The van der Waals surface area contributed by atoms with Crippen LogP contribution < -0.4 is 11.1 Å². The fraction of sp³-hybridized carbons (Fsp3) is 0.750. The van der Waals surface area contributed by atoms with E-state index in [9.17, 15) is 13.2 Å². The summed E-state index contributed by atoms with van der Waals surface area (Å²) < 4.78 is 29.3. The summed E-state index contributed by atoms with van der Waals surface area (Å²) in [6.45, 7) is 5.91. The zero-order chi connectivity index (χ0) is 18.4. The summed E-state index contributed by atoms with van der Waals surface area (Å²) in [5.41, 5.74) is 5.37. The molecule has 1 aromatic heterocycles. The number of hydrogen-bond donors (Lipinski definition) is 2. The van der Waals surface area contributed by atoms with Crippen LogP contribution in [0.25, 0.3) is 0 Å². The Morgan fingerprint density at radius 3 is 2.81 bits per heavy atom. The Morgan fingerprint density at radius 2 is 2.15 bits per heavy atom. The van der Waals surface area contributed by atoms with Crippen molar-refractivity contribution in [3.8, 4) is 0 Å². The van der Waals surface area contributed by atoms with E-state index in [1.807, 2.05) is 0 Å². The van der Waals surface area contributed by atoms with Crippen molar-refractivity contribution >= 4 is 28.3 Å². The van der Waals surface area contributed by atoms with Gasteiger partial charge >= 0.3 is 0 Å². The van der Waals surface area contributed by atoms with E-state index in [1.165, 1.54) is 4.31 Å². The Bertz CT molecular complexity index is 677. The molecule has 0 bridgehead atoms. The number of nitrogens with two attached hydrogens (primary N) is 1. The van der Waals surface area contributed by atoms with Crippen molar-refractivity contribution < 1.29 is 13.2 Å². The maximum absolute atomic E-state index is 13.0. The van der Waals surface area contributed by atoms with Crippen LogP contribution >= 0.6 is 12.4 Å². The van der Waals surface area contributed by atoms with Gasteiger partial charge in [-0.3, -0.25) is 4.79 Å². The van der Waals surface area contributed by atoms with Gasteiger partial charge in [-0.05, 0) is 18.8 Å². The maximum Gasteiger partial charge on any atom is 0.262 e. The zero-order valence-electron chi connectivity index (χ0n) is 15.4. The van der Waals surface area contributed by atoms with Crippen LogP contribution in [0, 0.1) is 5.92 Å². The van der Waals surface area contributed by atoms with Gasteiger partial charge in [0.25, 0.3) is 10.0 Å². The number of nitrogens with one attached hydrogen (secondary N) is 1. The van der Waals surface area contributed by atoms with Crippen LogP contribution in [0.15, 0.2) is 17.6 Å². The Hall–Kier alpha value is -1.16. The molecule has 1 aliphatic heterocycles. The van der Waals surface area contributed by atoms with Crippen LogP contribution in [-0.4, -0.2) is 53.9 Å². The summed E-state index contributed by atoms with van der Waals surface area (Å²) in [4.78, 5) is 15.7. The average Bonchev–Trinajstić information content (AvgIpc) is 3.02. The average molecular weight is 408 g/mol. The Balaban J connectivity index is 0.00000338. The number of piperidine rings is 1. The minimum Gasteiger partial charge on any atom is -0.354 e. The van der Waals surface area contributed by atoms with E-state index in [0.717, 1.165) is 25.8 Å². The van der Waals surface area contributed by atoms with E-state index in [4.69, 9.17) is 5.73 Å². The summed E-state index contributed by atoms with van der Waals surface area (Å²) in [7, 11) is -3.66. The number of sulfonamides is 1. The number of hydrogen-bond acceptors (Lipinski definition) is 5. The van der Waals surface area contributed by atoms with Gasteiger partial charge in [0.15, 0.2) is 5.03 Å². The highest BCUT2D eigenvalue weighted by Gasteiger charge is 2.35. The minimum absolute atomic E-state index is 0. The quantitative estimate of drug-likeness (QED) is 0.667. The molecule has 1 unspecified atom stereocenters. The molecule has 2 heterocycles. The van der Waals surface area contributed by atoms with Crippen molar-refractivity contribution in [3.63, 3.8) is 0 Å². The molecule has 0 aromatic carbocycles. The molecular formula is C16H30ClN5O3S. The first-order valence-electron chi connectivity index (χ1n) is 8.85. The molecule has 1 fully saturated rings. The van der Waals surface area contributed by atoms with Gasteiger partial charge in [-0.15, -0.1) is 12.4 Å². The molecule has 8 nitrogen and oxygen atoms in total. The summed E-state index contributed by atoms with van der Waals surface area (Å²) in [6.07, 6.45) is 5.90. The van der Waals surface area contributed by atoms with Crippen LogP contribution in [-0.2, 0) is 21.4 Å². The third-order valence-electron chi connectivity index (χ3n) is 4.24. The lowest BCUT2D eigenvalue weighted by Crippen LogP contribution is -2.49. The minimum atomic E-state index is -3.66. The molecular weight excluding hydrogens is 378 g/mol. The van der Waals surface area contributed by atoms with Gasteiger partial charge in [-0.25, -0.2) is 13.4 Å². The van der Waals surface area contributed by atoms with E-state index < -0.39 is 10.0 Å². The third kappa shape index (κ3) is 5.94. The van der Waals surface area contributed by atoms with Gasteiger partial charge < -0.3 is 15.6 Å². The molecule has 3 N–H and O–H groups in total. The lowest BCUT2D eigenvalue weighted by molar-refractivity contribution is -0.121. The number of rotatable bonds is 8. The number of amides is 1. The molecule has 0 aliphatic carbocycles. The Labute approximate surface area is 162 Å². The SMILES string of the molecule is CC(C)Cn1cnc(S(=O)(=O)N2CCCCC2CNC(=O)CCN)c1.Cl.